The van der Waals surface area contributed by atoms with Gasteiger partial charge in [-0.3, -0.25) is 9.59 Å². The van der Waals surface area contributed by atoms with E-state index in [2.05, 4.69) is 0 Å². The van der Waals surface area contributed by atoms with Crippen molar-refractivity contribution in [2.45, 2.75) is 39.5 Å². The number of Topliss-reactive ketones (excluding diaryl/α,β-unsaturated/α-hetero) is 1. The molecule has 0 unspecified atom stereocenters. The smallest absolute Gasteiger partial charge is 0.319 e. The Morgan fingerprint density at radius 1 is 1.31 bits per heavy atom. The minimum Gasteiger partial charge on any atom is -0.465 e. The summed E-state index contributed by atoms with van der Waals surface area (Å²) in [4.78, 5) is 22.9. The summed E-state index contributed by atoms with van der Waals surface area (Å²) in [6.07, 6.45) is 3.25. The molecule has 74 valence electrons. The number of esters is 1. The molecule has 1 rings (SSSR count). The van der Waals surface area contributed by atoms with Gasteiger partial charge in [-0.05, 0) is 26.7 Å². The molecule has 0 aromatic carbocycles. The van der Waals surface area contributed by atoms with Crippen LogP contribution in [0.15, 0.2) is 0 Å². The van der Waals surface area contributed by atoms with Gasteiger partial charge in [0.1, 0.15) is 11.2 Å². The molecule has 0 bridgehead atoms. The van der Waals surface area contributed by atoms with E-state index in [1.807, 2.05) is 0 Å². The van der Waals surface area contributed by atoms with Gasteiger partial charge in [-0.2, -0.15) is 0 Å². The highest BCUT2D eigenvalue weighted by Crippen LogP contribution is 2.39. The van der Waals surface area contributed by atoms with E-state index in [9.17, 15) is 9.59 Å². The predicted octanol–water partition coefficient (Wildman–Crippen LogP) is 1.70. The summed E-state index contributed by atoms with van der Waals surface area (Å²) in [6.45, 7) is 3.61. The maximum Gasteiger partial charge on any atom is 0.319 e. The summed E-state index contributed by atoms with van der Waals surface area (Å²) in [5.41, 5.74) is -0.796. The van der Waals surface area contributed by atoms with Gasteiger partial charge in [-0.1, -0.05) is 12.8 Å². The Balaban J connectivity index is 2.78. The zero-order chi connectivity index (χ0) is 9.90. The number of carbonyl (C=O) groups excluding carboxylic acids is 2. The molecular weight excluding hydrogens is 168 g/mol. The number of carbonyl (C=O) groups is 2. The first-order valence-electron chi connectivity index (χ1n) is 4.82. The molecule has 1 fully saturated rings. The van der Waals surface area contributed by atoms with Gasteiger partial charge in [-0.25, -0.2) is 0 Å². The Bertz CT molecular complexity index is 214. The Labute approximate surface area is 78.5 Å². The number of hydrogen-bond donors (Lipinski definition) is 0. The number of rotatable bonds is 3. The molecule has 1 saturated carbocycles. The highest BCUT2D eigenvalue weighted by Gasteiger charge is 2.46. The molecule has 13 heavy (non-hydrogen) atoms. The fourth-order valence-corrected chi connectivity index (χ4v) is 1.95. The highest BCUT2D eigenvalue weighted by molar-refractivity contribution is 6.02. The Morgan fingerprint density at radius 2 is 1.85 bits per heavy atom. The van der Waals surface area contributed by atoms with Gasteiger partial charge in [-0.15, -0.1) is 0 Å². The van der Waals surface area contributed by atoms with Crippen LogP contribution in [0.1, 0.15) is 39.5 Å². The molecule has 1 aliphatic rings. The second kappa shape index (κ2) is 3.90. The fourth-order valence-electron chi connectivity index (χ4n) is 1.95. The number of ether oxygens (including phenoxy) is 1. The van der Waals surface area contributed by atoms with Crippen LogP contribution in [-0.4, -0.2) is 18.4 Å². The van der Waals surface area contributed by atoms with Gasteiger partial charge < -0.3 is 4.74 Å². The van der Waals surface area contributed by atoms with Crippen molar-refractivity contribution in [3.05, 3.63) is 0 Å². The van der Waals surface area contributed by atoms with Crippen LogP contribution in [-0.2, 0) is 14.3 Å². The third kappa shape index (κ3) is 1.74. The van der Waals surface area contributed by atoms with Crippen molar-refractivity contribution in [1.82, 2.24) is 0 Å². The summed E-state index contributed by atoms with van der Waals surface area (Å²) < 4.78 is 4.93. The normalized spacial score (nSPS) is 19.8. The molecule has 0 radical (unpaired) electrons. The van der Waals surface area contributed by atoms with Gasteiger partial charge in [0.2, 0.25) is 0 Å². The van der Waals surface area contributed by atoms with Crippen molar-refractivity contribution in [2.75, 3.05) is 6.61 Å². The first kappa shape index (κ1) is 10.2. The topological polar surface area (TPSA) is 43.4 Å². The summed E-state index contributed by atoms with van der Waals surface area (Å²) >= 11 is 0. The minimum atomic E-state index is -0.796. The maximum atomic E-state index is 11.6. The quantitative estimate of drug-likeness (QED) is 0.495. The van der Waals surface area contributed by atoms with Crippen LogP contribution in [0.2, 0.25) is 0 Å². The predicted molar refractivity (Wildman–Crippen MR) is 48.2 cm³/mol. The lowest BCUT2D eigenvalue weighted by molar-refractivity contribution is -0.159. The average Bonchev–Trinajstić information content (AvgIpc) is 2.53. The zero-order valence-electron chi connectivity index (χ0n) is 8.26. The van der Waals surface area contributed by atoms with Crippen molar-refractivity contribution in [1.29, 1.82) is 0 Å². The summed E-state index contributed by atoms with van der Waals surface area (Å²) in [5.74, 6) is -0.358. The van der Waals surface area contributed by atoms with Crippen molar-refractivity contribution in [2.24, 2.45) is 5.41 Å². The molecule has 0 N–H and O–H groups in total. The van der Waals surface area contributed by atoms with E-state index in [-0.39, 0.29) is 11.8 Å². The third-order valence-corrected chi connectivity index (χ3v) is 2.80. The van der Waals surface area contributed by atoms with Crippen molar-refractivity contribution < 1.29 is 14.3 Å². The van der Waals surface area contributed by atoms with Crippen LogP contribution in [0.4, 0.5) is 0 Å². The van der Waals surface area contributed by atoms with E-state index in [0.717, 1.165) is 12.8 Å². The standard InChI is InChI=1S/C10H16O3/c1-3-13-9(12)10(8(2)11)6-4-5-7-10/h3-7H2,1-2H3. The Hall–Kier alpha value is -0.860. The molecule has 0 aromatic heterocycles. The first-order valence-corrected chi connectivity index (χ1v) is 4.82. The van der Waals surface area contributed by atoms with E-state index < -0.39 is 5.41 Å². The van der Waals surface area contributed by atoms with E-state index in [1.54, 1.807) is 6.92 Å². The molecule has 0 heterocycles. The van der Waals surface area contributed by atoms with E-state index in [4.69, 9.17) is 4.74 Å². The van der Waals surface area contributed by atoms with Crippen LogP contribution >= 0.6 is 0 Å². The zero-order valence-corrected chi connectivity index (χ0v) is 8.26. The molecule has 0 spiro atoms. The van der Waals surface area contributed by atoms with Gasteiger partial charge in [0.05, 0.1) is 6.61 Å². The number of hydrogen-bond acceptors (Lipinski definition) is 3. The van der Waals surface area contributed by atoms with Gasteiger partial charge in [0, 0.05) is 0 Å². The van der Waals surface area contributed by atoms with Crippen LogP contribution in [0, 0.1) is 5.41 Å². The fraction of sp³-hybridized carbons (Fsp3) is 0.800. The SMILES string of the molecule is CCOC(=O)C1(C(C)=O)CCCC1. The van der Waals surface area contributed by atoms with Crippen LogP contribution < -0.4 is 0 Å². The van der Waals surface area contributed by atoms with Crippen molar-refractivity contribution in [3.63, 3.8) is 0 Å². The van der Waals surface area contributed by atoms with Crippen LogP contribution in [0.3, 0.4) is 0 Å². The molecule has 0 amide bonds. The van der Waals surface area contributed by atoms with Crippen molar-refractivity contribution in [3.8, 4) is 0 Å². The molecule has 1 aliphatic carbocycles. The molecule has 3 nitrogen and oxygen atoms in total. The molecular formula is C10H16O3. The molecule has 0 atom stereocenters. The molecule has 0 saturated heterocycles. The van der Waals surface area contributed by atoms with E-state index in [0.29, 0.717) is 19.4 Å². The van der Waals surface area contributed by atoms with Gasteiger partial charge in [0.25, 0.3) is 0 Å². The third-order valence-electron chi connectivity index (χ3n) is 2.80. The Morgan fingerprint density at radius 3 is 2.23 bits per heavy atom. The first-order chi connectivity index (χ1) is 6.13. The Kier molecular flexibility index (Phi) is 3.07. The maximum absolute atomic E-state index is 11.6. The van der Waals surface area contributed by atoms with E-state index >= 15 is 0 Å². The largest absolute Gasteiger partial charge is 0.465 e. The monoisotopic (exact) mass is 184 g/mol. The number of ketones is 1. The average molecular weight is 184 g/mol. The van der Waals surface area contributed by atoms with Crippen LogP contribution in [0.25, 0.3) is 0 Å². The van der Waals surface area contributed by atoms with Crippen molar-refractivity contribution >= 4 is 11.8 Å². The second-order valence-electron chi connectivity index (χ2n) is 3.57. The molecule has 0 aliphatic heterocycles. The van der Waals surface area contributed by atoms with Gasteiger partial charge in [0.15, 0.2) is 0 Å². The molecule has 3 heteroatoms. The summed E-state index contributed by atoms with van der Waals surface area (Å²) in [7, 11) is 0. The summed E-state index contributed by atoms with van der Waals surface area (Å²) in [5, 5.41) is 0. The molecule has 0 aromatic rings. The minimum absolute atomic E-state index is 0.0385. The lowest BCUT2D eigenvalue weighted by Gasteiger charge is -2.22. The van der Waals surface area contributed by atoms with E-state index in [1.165, 1.54) is 6.92 Å². The lowest BCUT2D eigenvalue weighted by Crippen LogP contribution is -2.36. The second-order valence-corrected chi connectivity index (χ2v) is 3.57. The highest BCUT2D eigenvalue weighted by atomic mass is 16.5. The van der Waals surface area contributed by atoms with Gasteiger partial charge >= 0.3 is 5.97 Å². The summed E-state index contributed by atoms with van der Waals surface area (Å²) in [6, 6.07) is 0. The lowest BCUT2D eigenvalue weighted by atomic mass is 9.82. The van der Waals surface area contributed by atoms with Crippen LogP contribution in [0.5, 0.6) is 0 Å².